The lowest BCUT2D eigenvalue weighted by atomic mass is 10.1. The number of halogens is 2. The first-order valence-electron chi connectivity index (χ1n) is 7.83. The van der Waals surface area contributed by atoms with E-state index in [2.05, 4.69) is 10.3 Å². The number of hydrogen-bond donors (Lipinski definition) is 1. The molecule has 1 aromatic heterocycles. The summed E-state index contributed by atoms with van der Waals surface area (Å²) in [5.74, 6) is 0.0398. The molecular weight excluding hydrogens is 333 g/mol. The van der Waals surface area contributed by atoms with Crippen LogP contribution in [0.15, 0.2) is 30.3 Å². The molecule has 2 aromatic rings. The van der Waals surface area contributed by atoms with Gasteiger partial charge in [0, 0.05) is 24.0 Å². The molecule has 122 valence electrons. The van der Waals surface area contributed by atoms with Crippen LogP contribution in [-0.4, -0.2) is 41.0 Å². The maximum atomic E-state index is 13.0. The molecule has 0 unspecified atom stereocenters. The van der Waals surface area contributed by atoms with Crippen LogP contribution in [0.2, 0.25) is 5.02 Å². The van der Waals surface area contributed by atoms with Gasteiger partial charge in [0.1, 0.15) is 5.69 Å². The fourth-order valence-electron chi connectivity index (χ4n) is 3.68. The van der Waals surface area contributed by atoms with Gasteiger partial charge in [-0.1, -0.05) is 29.8 Å². The van der Waals surface area contributed by atoms with E-state index in [0.29, 0.717) is 28.3 Å². The van der Waals surface area contributed by atoms with Crippen molar-refractivity contribution < 1.29 is 4.79 Å². The van der Waals surface area contributed by atoms with Gasteiger partial charge in [0.2, 0.25) is 0 Å². The second kappa shape index (κ2) is 6.63. The quantitative estimate of drug-likeness (QED) is 0.857. The van der Waals surface area contributed by atoms with E-state index in [9.17, 15) is 4.79 Å². The second-order valence-corrected chi connectivity index (χ2v) is 6.51. The van der Waals surface area contributed by atoms with Gasteiger partial charge in [-0.05, 0) is 37.9 Å². The van der Waals surface area contributed by atoms with Crippen molar-refractivity contribution in [2.45, 2.75) is 31.3 Å². The topological polar surface area (TPSA) is 45.2 Å². The summed E-state index contributed by atoms with van der Waals surface area (Å²) in [6.45, 7) is 1.87. The third-order valence-electron chi connectivity index (χ3n) is 4.78. The van der Waals surface area contributed by atoms with Gasteiger partial charge in [-0.25, -0.2) is 4.98 Å². The minimum Gasteiger partial charge on any atom is -0.330 e. The fraction of sp³-hybridized carbons (Fsp3) is 0.412. The molecule has 3 heterocycles. The van der Waals surface area contributed by atoms with Crippen molar-refractivity contribution in [3.63, 3.8) is 0 Å². The monoisotopic (exact) mass is 351 g/mol. The Kier molecular flexibility index (Phi) is 4.76. The Bertz CT molecular complexity index is 723. The van der Waals surface area contributed by atoms with E-state index < -0.39 is 0 Å². The van der Waals surface area contributed by atoms with Crippen LogP contribution in [0, 0.1) is 0 Å². The Balaban J connectivity index is 0.00000156. The number of amides is 1. The fourth-order valence-corrected chi connectivity index (χ4v) is 3.90. The minimum atomic E-state index is 0. The summed E-state index contributed by atoms with van der Waals surface area (Å²) in [4.78, 5) is 19.5. The van der Waals surface area contributed by atoms with Crippen molar-refractivity contribution >= 4 is 40.8 Å². The maximum absolute atomic E-state index is 13.0. The van der Waals surface area contributed by atoms with Gasteiger partial charge in [0.15, 0.2) is 0 Å². The summed E-state index contributed by atoms with van der Waals surface area (Å²) in [7, 11) is 0. The van der Waals surface area contributed by atoms with Gasteiger partial charge in [0.25, 0.3) is 5.91 Å². The van der Waals surface area contributed by atoms with Crippen molar-refractivity contribution in [1.82, 2.24) is 15.2 Å². The van der Waals surface area contributed by atoms with Gasteiger partial charge < -0.3 is 10.2 Å². The van der Waals surface area contributed by atoms with Crippen molar-refractivity contribution in [2.75, 3.05) is 13.1 Å². The normalized spacial score (nSPS) is 23.4. The number of carbonyl (C=O) groups excluding carboxylic acids is 1. The van der Waals surface area contributed by atoms with Gasteiger partial charge in [0.05, 0.1) is 10.5 Å². The van der Waals surface area contributed by atoms with Gasteiger partial charge in [-0.15, -0.1) is 12.4 Å². The molecule has 4 rings (SSSR count). The van der Waals surface area contributed by atoms with Crippen LogP contribution in [-0.2, 0) is 0 Å². The summed E-state index contributed by atoms with van der Waals surface area (Å²) in [5.41, 5.74) is 1.20. The minimum absolute atomic E-state index is 0. The molecule has 2 saturated heterocycles. The highest BCUT2D eigenvalue weighted by Gasteiger charge is 2.38. The van der Waals surface area contributed by atoms with E-state index >= 15 is 0 Å². The largest absolute Gasteiger partial charge is 0.330 e. The van der Waals surface area contributed by atoms with Crippen LogP contribution in [0.1, 0.15) is 29.8 Å². The zero-order chi connectivity index (χ0) is 15.1. The Morgan fingerprint density at radius 1 is 1.17 bits per heavy atom. The van der Waals surface area contributed by atoms with Gasteiger partial charge in [-0.2, -0.15) is 0 Å². The number of aromatic nitrogens is 1. The molecule has 4 nitrogen and oxygen atoms in total. The average molecular weight is 352 g/mol. The van der Waals surface area contributed by atoms with E-state index in [1.807, 2.05) is 35.2 Å². The number of nitrogens with zero attached hydrogens (tertiary/aromatic N) is 2. The molecular formula is C17H19Cl2N3O. The van der Waals surface area contributed by atoms with Crippen LogP contribution in [0.3, 0.4) is 0 Å². The van der Waals surface area contributed by atoms with Crippen molar-refractivity contribution in [2.24, 2.45) is 0 Å². The molecule has 1 amide bonds. The van der Waals surface area contributed by atoms with Crippen LogP contribution in [0.25, 0.3) is 10.9 Å². The third kappa shape index (κ3) is 2.91. The van der Waals surface area contributed by atoms with Crippen LogP contribution >= 0.6 is 24.0 Å². The van der Waals surface area contributed by atoms with Crippen molar-refractivity contribution in [3.8, 4) is 0 Å². The number of para-hydroxylation sites is 1. The van der Waals surface area contributed by atoms with E-state index in [1.54, 1.807) is 0 Å². The molecule has 2 fully saturated rings. The van der Waals surface area contributed by atoms with Crippen LogP contribution < -0.4 is 5.32 Å². The highest BCUT2D eigenvalue weighted by atomic mass is 35.5. The Morgan fingerprint density at radius 3 is 2.87 bits per heavy atom. The molecule has 6 heteroatoms. The first kappa shape index (κ1) is 16.5. The van der Waals surface area contributed by atoms with E-state index in [-0.39, 0.29) is 18.3 Å². The summed E-state index contributed by atoms with van der Waals surface area (Å²) in [6.07, 6.45) is 3.21. The predicted molar refractivity (Wildman–Crippen MR) is 94.5 cm³/mol. The molecule has 0 spiro atoms. The lowest BCUT2D eigenvalue weighted by molar-refractivity contribution is 0.0674. The van der Waals surface area contributed by atoms with E-state index in [4.69, 9.17) is 11.6 Å². The first-order chi connectivity index (χ1) is 10.7. The Hall–Kier alpha value is -1.36. The number of nitrogens with one attached hydrogen (secondary N) is 1. The number of pyridine rings is 1. The highest BCUT2D eigenvalue weighted by molar-refractivity contribution is 6.35. The second-order valence-electron chi connectivity index (χ2n) is 6.10. The van der Waals surface area contributed by atoms with Crippen molar-refractivity contribution in [3.05, 3.63) is 41.0 Å². The zero-order valence-corrected chi connectivity index (χ0v) is 14.2. The van der Waals surface area contributed by atoms with Gasteiger partial charge in [-0.3, -0.25) is 4.79 Å². The van der Waals surface area contributed by atoms with Crippen LogP contribution in [0.5, 0.6) is 0 Å². The van der Waals surface area contributed by atoms with E-state index in [0.717, 1.165) is 37.7 Å². The van der Waals surface area contributed by atoms with E-state index in [1.165, 1.54) is 0 Å². The number of hydrogen-bond acceptors (Lipinski definition) is 3. The third-order valence-corrected chi connectivity index (χ3v) is 5.08. The summed E-state index contributed by atoms with van der Waals surface area (Å²) >= 11 is 6.22. The summed E-state index contributed by atoms with van der Waals surface area (Å²) in [6, 6.07) is 10.1. The lowest BCUT2D eigenvalue weighted by Gasteiger charge is -2.27. The molecule has 0 saturated carbocycles. The highest BCUT2D eigenvalue weighted by Crippen LogP contribution is 2.30. The lowest BCUT2D eigenvalue weighted by Crippen LogP contribution is -2.42. The number of benzene rings is 1. The first-order valence-corrected chi connectivity index (χ1v) is 8.20. The standard InChI is InChI=1S/C17H18ClN3O.ClH/c18-14-3-1-2-11-4-7-15(20-16(11)14)17(22)21-12-5-6-13(21)10-19-9-8-12;/h1-4,7,12-13,19H,5-6,8-10H2;1H/t12-,13+;/m1./s1. The summed E-state index contributed by atoms with van der Waals surface area (Å²) < 4.78 is 0. The summed E-state index contributed by atoms with van der Waals surface area (Å²) in [5, 5.41) is 4.97. The molecule has 2 bridgehead atoms. The number of carbonyl (C=O) groups is 1. The molecule has 0 radical (unpaired) electrons. The molecule has 2 aliphatic rings. The Labute approximate surface area is 146 Å². The van der Waals surface area contributed by atoms with Gasteiger partial charge >= 0.3 is 0 Å². The molecule has 0 aliphatic carbocycles. The van der Waals surface area contributed by atoms with Crippen molar-refractivity contribution in [1.29, 1.82) is 0 Å². The molecule has 1 N–H and O–H groups in total. The maximum Gasteiger partial charge on any atom is 0.273 e. The SMILES string of the molecule is Cl.O=C(c1ccc2cccc(Cl)c2n1)N1[C@H]2CCNC[C@@H]1CC2. The average Bonchev–Trinajstić information content (AvgIpc) is 2.80. The zero-order valence-electron chi connectivity index (χ0n) is 12.7. The molecule has 2 aliphatic heterocycles. The Morgan fingerprint density at radius 2 is 2.00 bits per heavy atom. The molecule has 23 heavy (non-hydrogen) atoms. The van der Waals surface area contributed by atoms with Crippen LogP contribution in [0.4, 0.5) is 0 Å². The number of rotatable bonds is 1. The molecule has 2 atom stereocenters. The smallest absolute Gasteiger partial charge is 0.273 e. The predicted octanol–water partition coefficient (Wildman–Crippen LogP) is 3.28. The number of fused-ring (bicyclic) bond motifs is 3. The molecule has 1 aromatic carbocycles.